The molecule has 0 saturated carbocycles. The summed E-state index contributed by atoms with van der Waals surface area (Å²) in [5.74, 6) is -0.620. The van der Waals surface area contributed by atoms with E-state index in [1.54, 1.807) is 23.1 Å². The first-order valence-electron chi connectivity index (χ1n) is 11.3. The molecule has 182 valence electrons. The maximum absolute atomic E-state index is 13.3. The van der Waals surface area contributed by atoms with Gasteiger partial charge in [-0.15, -0.1) is 11.6 Å². The van der Waals surface area contributed by atoms with Crippen LogP contribution in [0.2, 0.25) is 0 Å². The Morgan fingerprint density at radius 2 is 1.74 bits per heavy atom. The van der Waals surface area contributed by atoms with Crippen LogP contribution in [0.5, 0.6) is 0 Å². The number of carbonyl (C=O) groups is 2. The number of halogens is 1. The van der Waals surface area contributed by atoms with Crippen molar-refractivity contribution in [3.63, 3.8) is 0 Å². The number of rotatable bonds is 8. The van der Waals surface area contributed by atoms with Crippen molar-refractivity contribution in [2.75, 3.05) is 42.5 Å². The largest absolute Gasteiger partial charge is 0.481 e. The van der Waals surface area contributed by atoms with E-state index in [1.165, 1.54) is 4.31 Å². The van der Waals surface area contributed by atoms with Gasteiger partial charge in [0.1, 0.15) is 0 Å². The van der Waals surface area contributed by atoms with Gasteiger partial charge in [0.05, 0.1) is 4.90 Å². The first-order chi connectivity index (χ1) is 16.3. The van der Waals surface area contributed by atoms with E-state index in [0.717, 1.165) is 16.8 Å². The number of carbonyl (C=O) groups excluding carboxylic acids is 1. The van der Waals surface area contributed by atoms with Gasteiger partial charge in [-0.05, 0) is 54.3 Å². The van der Waals surface area contributed by atoms with E-state index >= 15 is 0 Å². The van der Waals surface area contributed by atoms with Crippen molar-refractivity contribution >= 4 is 44.9 Å². The number of sulfonamides is 1. The summed E-state index contributed by atoms with van der Waals surface area (Å²) >= 11 is 5.94. The highest BCUT2D eigenvalue weighted by atomic mass is 35.5. The van der Waals surface area contributed by atoms with Gasteiger partial charge in [-0.25, -0.2) is 8.42 Å². The van der Waals surface area contributed by atoms with Crippen molar-refractivity contribution < 1.29 is 23.1 Å². The highest BCUT2D eigenvalue weighted by Crippen LogP contribution is 2.32. The molecule has 2 aromatic carbocycles. The summed E-state index contributed by atoms with van der Waals surface area (Å²) in [5.41, 5.74) is 3.61. The average molecular weight is 506 g/mol. The Labute approximate surface area is 204 Å². The fourth-order valence-electron chi connectivity index (χ4n) is 4.50. The van der Waals surface area contributed by atoms with Crippen molar-refractivity contribution in [1.82, 2.24) is 4.31 Å². The minimum Gasteiger partial charge on any atom is -0.481 e. The average Bonchev–Trinajstić information content (AvgIpc) is 3.27. The predicted molar refractivity (Wildman–Crippen MR) is 131 cm³/mol. The zero-order chi connectivity index (χ0) is 24.3. The molecule has 1 saturated heterocycles. The lowest BCUT2D eigenvalue weighted by atomic mass is 10.1. The Bertz CT molecular complexity index is 1180. The van der Waals surface area contributed by atoms with Crippen LogP contribution in [-0.2, 0) is 31.9 Å². The molecule has 4 rings (SSSR count). The van der Waals surface area contributed by atoms with Gasteiger partial charge >= 0.3 is 5.97 Å². The van der Waals surface area contributed by atoms with E-state index in [1.807, 2.05) is 24.3 Å². The normalized spacial score (nSPS) is 16.5. The lowest BCUT2D eigenvalue weighted by Crippen LogP contribution is -2.48. The second-order valence-electron chi connectivity index (χ2n) is 8.53. The summed E-state index contributed by atoms with van der Waals surface area (Å²) in [6.45, 7) is 2.44. The van der Waals surface area contributed by atoms with Crippen LogP contribution < -0.4 is 9.80 Å². The molecule has 2 aliphatic rings. The number of fused-ring (bicyclic) bond motifs is 1. The molecule has 1 fully saturated rings. The Hall–Kier alpha value is -2.62. The second-order valence-corrected chi connectivity index (χ2v) is 10.7. The molecule has 0 atom stereocenters. The summed E-state index contributed by atoms with van der Waals surface area (Å²) in [4.78, 5) is 27.2. The Morgan fingerprint density at radius 3 is 2.44 bits per heavy atom. The molecule has 0 unspecified atom stereocenters. The van der Waals surface area contributed by atoms with Gasteiger partial charge in [-0.1, -0.05) is 12.1 Å². The Balaban J connectivity index is 1.42. The molecule has 0 radical (unpaired) electrons. The maximum atomic E-state index is 13.3. The van der Waals surface area contributed by atoms with Gasteiger partial charge in [0.25, 0.3) is 0 Å². The van der Waals surface area contributed by atoms with Crippen LogP contribution >= 0.6 is 11.6 Å². The molecule has 1 amide bonds. The number of amides is 1. The first-order valence-corrected chi connectivity index (χ1v) is 13.3. The maximum Gasteiger partial charge on any atom is 0.303 e. The third kappa shape index (κ3) is 5.21. The summed E-state index contributed by atoms with van der Waals surface area (Å²) in [5, 5.41) is 8.76. The summed E-state index contributed by atoms with van der Waals surface area (Å²) in [7, 11) is -3.65. The fraction of sp³-hybridized carbons (Fsp3) is 0.417. The van der Waals surface area contributed by atoms with Crippen LogP contribution in [0.3, 0.4) is 0 Å². The number of anilines is 2. The molecule has 1 N–H and O–H groups in total. The van der Waals surface area contributed by atoms with E-state index in [4.69, 9.17) is 16.7 Å². The number of hydrogen-bond acceptors (Lipinski definition) is 5. The van der Waals surface area contributed by atoms with Gasteiger partial charge in [-0.3, -0.25) is 9.59 Å². The van der Waals surface area contributed by atoms with Crippen molar-refractivity contribution in [3.05, 3.63) is 53.6 Å². The van der Waals surface area contributed by atoms with Crippen LogP contribution in [0.25, 0.3) is 0 Å². The molecule has 0 aromatic heterocycles. The number of carboxylic acid groups (broad SMARTS) is 1. The zero-order valence-corrected chi connectivity index (χ0v) is 20.4. The van der Waals surface area contributed by atoms with Crippen molar-refractivity contribution in [1.29, 1.82) is 0 Å². The van der Waals surface area contributed by atoms with Crippen LogP contribution in [-0.4, -0.2) is 62.4 Å². The fourth-order valence-corrected chi connectivity index (χ4v) is 6.14. The summed E-state index contributed by atoms with van der Waals surface area (Å²) in [6.07, 6.45) is 0.974. The minimum atomic E-state index is -3.65. The van der Waals surface area contributed by atoms with E-state index in [0.29, 0.717) is 50.7 Å². The first kappa shape index (κ1) is 24.5. The number of benzene rings is 2. The van der Waals surface area contributed by atoms with Crippen molar-refractivity contribution in [2.24, 2.45) is 0 Å². The lowest BCUT2D eigenvalue weighted by Gasteiger charge is -2.35. The van der Waals surface area contributed by atoms with Crippen LogP contribution in [0.4, 0.5) is 11.4 Å². The van der Waals surface area contributed by atoms with Crippen LogP contribution in [0.15, 0.2) is 47.4 Å². The van der Waals surface area contributed by atoms with E-state index < -0.39 is 16.0 Å². The SMILES string of the molecule is O=C(O)CCCC(=O)N1CCc2cc(S(=O)(=O)N3CCN(c4cccc(CCl)c4)CC3)ccc21. The topological polar surface area (TPSA) is 98.2 Å². The molecule has 8 nitrogen and oxygen atoms in total. The molecular formula is C24H28ClN3O5S. The number of alkyl halides is 1. The number of nitrogens with zero attached hydrogens (tertiary/aromatic N) is 3. The molecule has 0 aliphatic carbocycles. The minimum absolute atomic E-state index is 0.0466. The number of carboxylic acids is 1. The summed E-state index contributed by atoms with van der Waals surface area (Å²) < 4.78 is 28.1. The monoisotopic (exact) mass is 505 g/mol. The molecular weight excluding hydrogens is 478 g/mol. The van der Waals surface area contributed by atoms with Gasteiger partial charge in [0.15, 0.2) is 0 Å². The molecule has 34 heavy (non-hydrogen) atoms. The summed E-state index contributed by atoms with van der Waals surface area (Å²) in [6, 6.07) is 12.9. The Morgan fingerprint density at radius 1 is 0.971 bits per heavy atom. The molecule has 2 heterocycles. The molecule has 2 aromatic rings. The quantitative estimate of drug-likeness (QED) is 0.554. The van der Waals surface area contributed by atoms with Gasteiger partial charge in [-0.2, -0.15) is 4.31 Å². The zero-order valence-electron chi connectivity index (χ0n) is 18.8. The second kappa shape index (κ2) is 10.3. The van der Waals surface area contributed by atoms with Crippen molar-refractivity contribution in [3.8, 4) is 0 Å². The lowest BCUT2D eigenvalue weighted by molar-refractivity contribution is -0.137. The molecule has 0 spiro atoms. The highest BCUT2D eigenvalue weighted by Gasteiger charge is 2.31. The van der Waals surface area contributed by atoms with E-state index in [9.17, 15) is 18.0 Å². The van der Waals surface area contributed by atoms with Gasteiger partial charge < -0.3 is 14.9 Å². The predicted octanol–water partition coefficient (Wildman–Crippen LogP) is 3.08. The van der Waals surface area contributed by atoms with Crippen LogP contribution in [0.1, 0.15) is 30.4 Å². The number of aliphatic carboxylic acids is 1. The smallest absolute Gasteiger partial charge is 0.303 e. The van der Waals surface area contributed by atoms with Crippen molar-refractivity contribution in [2.45, 2.75) is 36.5 Å². The third-order valence-corrected chi connectivity index (χ3v) is 8.54. The molecule has 2 aliphatic heterocycles. The van der Waals surface area contributed by atoms with E-state index in [-0.39, 0.29) is 30.1 Å². The standard InChI is InChI=1S/C24H28ClN3O5S/c25-17-18-3-1-4-20(15-18)26-11-13-27(14-12-26)34(32,33)21-7-8-22-19(16-21)9-10-28(22)23(29)5-2-6-24(30)31/h1,3-4,7-8,15-16H,2,5-6,9-14,17H2,(H,30,31). The van der Waals surface area contributed by atoms with E-state index in [2.05, 4.69) is 4.90 Å². The van der Waals surface area contributed by atoms with Gasteiger partial charge in [0.2, 0.25) is 15.9 Å². The number of piperazine rings is 1. The molecule has 0 bridgehead atoms. The highest BCUT2D eigenvalue weighted by molar-refractivity contribution is 7.89. The number of hydrogen-bond donors (Lipinski definition) is 1. The molecule has 10 heteroatoms. The van der Waals surface area contributed by atoms with Crippen LogP contribution in [0, 0.1) is 0 Å². The van der Waals surface area contributed by atoms with Gasteiger partial charge in [0, 0.05) is 62.8 Å². The third-order valence-electron chi connectivity index (χ3n) is 6.34. The Kier molecular flexibility index (Phi) is 7.45.